The maximum Gasteiger partial charge on any atom is 0.417 e. The van der Waals surface area contributed by atoms with Crippen LogP contribution >= 0.6 is 0 Å². The lowest BCUT2D eigenvalue weighted by atomic mass is 10.0. The molecule has 3 rings (SSSR count). The molecule has 0 unspecified atom stereocenters. The third-order valence-electron chi connectivity index (χ3n) is 3.83. The average molecular weight is 341 g/mol. The monoisotopic (exact) mass is 341 g/mol. The van der Waals surface area contributed by atoms with Crippen LogP contribution in [-0.2, 0) is 22.6 Å². The van der Waals surface area contributed by atoms with Crippen LogP contribution in [-0.4, -0.2) is 15.0 Å². The molecule has 2 aromatic carbocycles. The average Bonchev–Trinajstić information content (AvgIpc) is 2.53. The summed E-state index contributed by atoms with van der Waals surface area (Å²) < 4.78 is 66.2. The fourth-order valence-electron chi connectivity index (χ4n) is 2.79. The molecule has 1 heterocycles. The summed E-state index contributed by atoms with van der Waals surface area (Å²) >= 11 is 0. The van der Waals surface area contributed by atoms with E-state index in [2.05, 4.69) is 0 Å². The van der Waals surface area contributed by atoms with E-state index in [1.165, 1.54) is 12.1 Å². The van der Waals surface area contributed by atoms with Crippen molar-refractivity contribution in [2.75, 3.05) is 10.8 Å². The highest BCUT2D eigenvalue weighted by Crippen LogP contribution is 2.38. The zero-order valence-corrected chi connectivity index (χ0v) is 12.9. The fraction of sp³-hybridized carbons (Fsp3) is 0.250. The molecule has 122 valence electrons. The van der Waals surface area contributed by atoms with Gasteiger partial charge in [0.15, 0.2) is 0 Å². The van der Waals surface area contributed by atoms with Gasteiger partial charge < -0.3 is 0 Å². The molecule has 1 aliphatic rings. The molecule has 0 saturated carbocycles. The molecule has 0 amide bonds. The van der Waals surface area contributed by atoms with E-state index in [1.54, 1.807) is 24.3 Å². The van der Waals surface area contributed by atoms with Gasteiger partial charge in [-0.2, -0.15) is 13.2 Å². The number of sulfonamides is 1. The lowest BCUT2D eigenvalue weighted by molar-refractivity contribution is -0.139. The molecule has 2 aromatic rings. The number of hydrogen-bond acceptors (Lipinski definition) is 2. The van der Waals surface area contributed by atoms with Gasteiger partial charge in [0, 0.05) is 6.54 Å². The second kappa shape index (κ2) is 5.56. The van der Waals surface area contributed by atoms with E-state index in [0.717, 1.165) is 22.0 Å². The molecule has 0 radical (unpaired) electrons. The molecule has 7 heteroatoms. The highest BCUT2D eigenvalue weighted by Gasteiger charge is 2.39. The first-order chi connectivity index (χ1) is 10.8. The van der Waals surface area contributed by atoms with Gasteiger partial charge in [0.1, 0.15) is 0 Å². The summed E-state index contributed by atoms with van der Waals surface area (Å²) in [5.41, 5.74) is 0.144. The molecule has 23 heavy (non-hydrogen) atoms. The first-order valence-electron chi connectivity index (χ1n) is 7.09. The summed E-state index contributed by atoms with van der Waals surface area (Å²) in [4.78, 5) is -0.704. The van der Waals surface area contributed by atoms with E-state index < -0.39 is 26.7 Å². The van der Waals surface area contributed by atoms with Gasteiger partial charge in [0.25, 0.3) is 10.0 Å². The SMILES string of the molecule is O=S(=O)(c1ccccc1C(F)(F)F)N1CCCc2ccccc21. The van der Waals surface area contributed by atoms with E-state index in [0.29, 0.717) is 18.5 Å². The van der Waals surface area contributed by atoms with E-state index in [1.807, 2.05) is 0 Å². The van der Waals surface area contributed by atoms with Gasteiger partial charge in [-0.05, 0) is 36.6 Å². The van der Waals surface area contributed by atoms with Crippen LogP contribution < -0.4 is 4.31 Å². The van der Waals surface area contributed by atoms with E-state index in [4.69, 9.17) is 0 Å². The van der Waals surface area contributed by atoms with Crippen molar-refractivity contribution in [3.8, 4) is 0 Å². The van der Waals surface area contributed by atoms with Crippen molar-refractivity contribution in [2.45, 2.75) is 23.9 Å². The van der Waals surface area contributed by atoms with Crippen LogP contribution in [0.15, 0.2) is 53.4 Å². The quantitative estimate of drug-likeness (QED) is 0.832. The second-order valence-electron chi connectivity index (χ2n) is 5.30. The molecule has 3 nitrogen and oxygen atoms in total. The van der Waals surface area contributed by atoms with Crippen molar-refractivity contribution in [1.29, 1.82) is 0 Å². The molecular weight excluding hydrogens is 327 g/mol. The topological polar surface area (TPSA) is 37.4 Å². The maximum absolute atomic E-state index is 13.2. The van der Waals surface area contributed by atoms with Crippen molar-refractivity contribution in [1.82, 2.24) is 0 Å². The summed E-state index contributed by atoms with van der Waals surface area (Å²) in [6, 6.07) is 11.2. The molecule has 0 spiro atoms. The molecule has 0 saturated heterocycles. The molecule has 0 aromatic heterocycles. The van der Waals surface area contributed by atoms with Crippen molar-refractivity contribution >= 4 is 15.7 Å². The smallest absolute Gasteiger partial charge is 0.266 e. The highest BCUT2D eigenvalue weighted by atomic mass is 32.2. The second-order valence-corrected chi connectivity index (χ2v) is 7.13. The number of halogens is 3. The van der Waals surface area contributed by atoms with Gasteiger partial charge >= 0.3 is 6.18 Å². The Bertz CT molecular complexity index is 831. The van der Waals surface area contributed by atoms with Gasteiger partial charge in [0.05, 0.1) is 16.1 Å². The molecule has 0 bridgehead atoms. The molecular formula is C16H14F3NO2S. The minimum atomic E-state index is -4.72. The van der Waals surface area contributed by atoms with Gasteiger partial charge in [0.2, 0.25) is 0 Å². The summed E-state index contributed by atoms with van der Waals surface area (Å²) in [7, 11) is -4.28. The van der Waals surface area contributed by atoms with Crippen LogP contribution in [0.4, 0.5) is 18.9 Å². The summed E-state index contributed by atoms with van der Waals surface area (Å²) in [6.45, 7) is 0.172. The molecule has 1 aliphatic heterocycles. The Balaban J connectivity index is 2.15. The first-order valence-corrected chi connectivity index (χ1v) is 8.53. The van der Waals surface area contributed by atoms with Gasteiger partial charge in [-0.15, -0.1) is 0 Å². The minimum Gasteiger partial charge on any atom is -0.266 e. The summed E-state index contributed by atoms with van der Waals surface area (Å²) in [6.07, 6.45) is -3.44. The lowest BCUT2D eigenvalue weighted by Gasteiger charge is -2.31. The Labute approximate surface area is 132 Å². The van der Waals surface area contributed by atoms with Crippen molar-refractivity contribution < 1.29 is 21.6 Å². The molecule has 0 atom stereocenters. The van der Waals surface area contributed by atoms with Crippen LogP contribution in [0.3, 0.4) is 0 Å². The predicted molar refractivity (Wildman–Crippen MR) is 80.7 cm³/mol. The Morgan fingerprint density at radius 3 is 2.35 bits per heavy atom. The van der Waals surface area contributed by atoms with Crippen molar-refractivity contribution in [3.63, 3.8) is 0 Å². The predicted octanol–water partition coefficient (Wildman–Crippen LogP) is 3.85. The van der Waals surface area contributed by atoms with Crippen molar-refractivity contribution in [3.05, 3.63) is 59.7 Å². The van der Waals surface area contributed by atoms with Crippen LogP contribution in [0.25, 0.3) is 0 Å². The van der Waals surface area contributed by atoms with E-state index >= 15 is 0 Å². The number of hydrogen-bond donors (Lipinski definition) is 0. The number of anilines is 1. The Morgan fingerprint density at radius 2 is 1.61 bits per heavy atom. The van der Waals surface area contributed by atoms with Crippen LogP contribution in [0, 0.1) is 0 Å². The maximum atomic E-state index is 13.2. The zero-order valence-electron chi connectivity index (χ0n) is 12.0. The standard InChI is InChI=1S/C16H14F3NO2S/c17-16(18,19)13-8-2-4-10-15(13)23(21,22)20-11-5-7-12-6-1-3-9-14(12)20/h1-4,6,8-10H,5,7,11H2. The molecule has 0 N–H and O–H groups in total. The van der Waals surface area contributed by atoms with Crippen LogP contribution in [0.2, 0.25) is 0 Å². The number of rotatable bonds is 2. The lowest BCUT2D eigenvalue weighted by Crippen LogP contribution is -2.36. The van der Waals surface area contributed by atoms with Crippen molar-refractivity contribution in [2.24, 2.45) is 0 Å². The summed E-state index contributed by atoms with van der Waals surface area (Å²) in [5, 5.41) is 0. The number of para-hydroxylation sites is 1. The van der Waals surface area contributed by atoms with Crippen LogP contribution in [0.1, 0.15) is 17.5 Å². The van der Waals surface area contributed by atoms with E-state index in [-0.39, 0.29) is 6.54 Å². The van der Waals surface area contributed by atoms with E-state index in [9.17, 15) is 21.6 Å². The third-order valence-corrected chi connectivity index (χ3v) is 5.70. The van der Waals surface area contributed by atoms with Gasteiger partial charge in [-0.1, -0.05) is 30.3 Å². The number of aryl methyl sites for hydroxylation is 1. The molecule has 0 fully saturated rings. The minimum absolute atomic E-state index is 0.172. The Kier molecular flexibility index (Phi) is 3.83. The number of nitrogens with zero attached hydrogens (tertiary/aromatic N) is 1. The number of fused-ring (bicyclic) bond motifs is 1. The zero-order chi connectivity index (χ0) is 16.7. The third kappa shape index (κ3) is 2.81. The summed E-state index contributed by atoms with van der Waals surface area (Å²) in [5.74, 6) is 0. The molecule has 0 aliphatic carbocycles. The Hall–Kier alpha value is -2.02. The number of benzene rings is 2. The normalized spacial score (nSPS) is 15.3. The Morgan fingerprint density at radius 1 is 0.957 bits per heavy atom. The van der Waals surface area contributed by atoms with Gasteiger partial charge in [-0.25, -0.2) is 8.42 Å². The van der Waals surface area contributed by atoms with Gasteiger partial charge in [-0.3, -0.25) is 4.31 Å². The number of alkyl halides is 3. The van der Waals surface area contributed by atoms with Crippen LogP contribution in [0.5, 0.6) is 0 Å². The first kappa shape index (κ1) is 15.9. The fourth-order valence-corrected chi connectivity index (χ4v) is 4.55. The largest absolute Gasteiger partial charge is 0.417 e. The highest BCUT2D eigenvalue weighted by molar-refractivity contribution is 7.92.